The van der Waals surface area contributed by atoms with Gasteiger partial charge in [-0.15, -0.1) is 0 Å². The van der Waals surface area contributed by atoms with Gasteiger partial charge in [0.15, 0.2) is 0 Å². The minimum absolute atomic E-state index is 0.285. The van der Waals surface area contributed by atoms with Crippen molar-refractivity contribution < 1.29 is 9.47 Å². The molecule has 0 bridgehead atoms. The zero-order valence-electron chi connectivity index (χ0n) is 12.6. The van der Waals surface area contributed by atoms with E-state index in [1.807, 2.05) is 7.05 Å². The Morgan fingerprint density at radius 1 is 1.37 bits per heavy atom. The maximum atomic E-state index is 5.73. The van der Waals surface area contributed by atoms with Gasteiger partial charge in [0.05, 0.1) is 13.2 Å². The predicted molar refractivity (Wildman–Crippen MR) is 77.8 cm³/mol. The molecule has 0 radical (unpaired) electrons. The van der Waals surface area contributed by atoms with Crippen LogP contribution in [0.3, 0.4) is 0 Å². The highest BCUT2D eigenvalue weighted by Gasteiger charge is 2.34. The van der Waals surface area contributed by atoms with Gasteiger partial charge in [-0.2, -0.15) is 0 Å². The molecule has 1 aliphatic rings. The lowest BCUT2D eigenvalue weighted by Gasteiger charge is -2.29. The van der Waals surface area contributed by atoms with E-state index >= 15 is 0 Å². The lowest BCUT2D eigenvalue weighted by molar-refractivity contribution is 0.0959. The Morgan fingerprint density at radius 3 is 2.63 bits per heavy atom. The normalized spacial score (nSPS) is 24.5. The van der Waals surface area contributed by atoms with Gasteiger partial charge >= 0.3 is 0 Å². The summed E-state index contributed by atoms with van der Waals surface area (Å²) in [5.74, 6) is 1.48. The molecule has 1 N–H and O–H groups in total. The molecule has 3 unspecified atom stereocenters. The highest BCUT2D eigenvalue weighted by Crippen LogP contribution is 2.39. The molecule has 1 aliphatic heterocycles. The molecule has 3 atom stereocenters. The molecule has 0 aliphatic carbocycles. The summed E-state index contributed by atoms with van der Waals surface area (Å²) in [5.41, 5.74) is 3.80. The molecule has 0 amide bonds. The maximum absolute atomic E-state index is 5.73. The molecule has 0 spiro atoms. The third-order valence-electron chi connectivity index (χ3n) is 4.20. The summed E-state index contributed by atoms with van der Waals surface area (Å²) >= 11 is 0. The van der Waals surface area contributed by atoms with E-state index in [1.54, 1.807) is 7.11 Å². The van der Waals surface area contributed by atoms with Gasteiger partial charge in [-0.1, -0.05) is 6.07 Å². The molecule has 1 fully saturated rings. The molecule has 3 nitrogen and oxygen atoms in total. The number of hydrogen-bond donors (Lipinski definition) is 1. The lowest BCUT2D eigenvalue weighted by atomic mass is 9.85. The number of methoxy groups -OCH3 is 1. The molecule has 0 saturated carbocycles. The summed E-state index contributed by atoms with van der Waals surface area (Å²) in [6.07, 6.45) is 1.39. The lowest BCUT2D eigenvalue weighted by Crippen LogP contribution is -2.30. The van der Waals surface area contributed by atoms with Gasteiger partial charge in [0.25, 0.3) is 0 Å². The molecule has 3 heteroatoms. The van der Waals surface area contributed by atoms with Crippen LogP contribution in [0.25, 0.3) is 0 Å². The summed E-state index contributed by atoms with van der Waals surface area (Å²) in [6, 6.07) is 4.63. The SMILES string of the molecule is CNC(c1c(C)cc(C)cc1OC)C1CCOC1C. The molecule has 19 heavy (non-hydrogen) atoms. The van der Waals surface area contributed by atoms with Crippen LogP contribution in [-0.4, -0.2) is 26.9 Å². The highest BCUT2D eigenvalue weighted by atomic mass is 16.5. The van der Waals surface area contributed by atoms with Crippen LogP contribution >= 0.6 is 0 Å². The van der Waals surface area contributed by atoms with E-state index in [1.165, 1.54) is 16.7 Å². The number of ether oxygens (including phenoxy) is 2. The highest BCUT2D eigenvalue weighted by molar-refractivity contribution is 5.45. The summed E-state index contributed by atoms with van der Waals surface area (Å²) in [5, 5.41) is 3.47. The van der Waals surface area contributed by atoms with Gasteiger partial charge in [0, 0.05) is 24.1 Å². The first-order chi connectivity index (χ1) is 9.08. The Hall–Kier alpha value is -1.06. The van der Waals surface area contributed by atoms with Crippen molar-refractivity contribution in [3.63, 3.8) is 0 Å². The van der Waals surface area contributed by atoms with Crippen LogP contribution in [0, 0.1) is 19.8 Å². The van der Waals surface area contributed by atoms with Crippen molar-refractivity contribution in [2.24, 2.45) is 5.92 Å². The van der Waals surface area contributed by atoms with Crippen molar-refractivity contribution in [1.29, 1.82) is 0 Å². The number of aryl methyl sites for hydroxylation is 2. The molecule has 1 saturated heterocycles. The van der Waals surface area contributed by atoms with Crippen molar-refractivity contribution in [1.82, 2.24) is 5.32 Å². The Labute approximate surface area is 116 Å². The number of nitrogens with one attached hydrogen (secondary N) is 1. The average molecular weight is 263 g/mol. The van der Waals surface area contributed by atoms with Gasteiger partial charge in [-0.25, -0.2) is 0 Å². The van der Waals surface area contributed by atoms with Crippen molar-refractivity contribution >= 4 is 0 Å². The van der Waals surface area contributed by atoms with E-state index in [0.29, 0.717) is 12.0 Å². The molecular weight excluding hydrogens is 238 g/mol. The van der Waals surface area contributed by atoms with Crippen molar-refractivity contribution in [2.45, 2.75) is 39.3 Å². The Balaban J connectivity index is 2.42. The third kappa shape index (κ3) is 2.77. The summed E-state index contributed by atoms with van der Waals surface area (Å²) < 4.78 is 11.3. The van der Waals surface area contributed by atoms with Crippen molar-refractivity contribution in [3.8, 4) is 5.75 Å². The van der Waals surface area contributed by atoms with Crippen LogP contribution in [-0.2, 0) is 4.74 Å². The van der Waals surface area contributed by atoms with E-state index in [4.69, 9.17) is 9.47 Å². The minimum Gasteiger partial charge on any atom is -0.496 e. The van der Waals surface area contributed by atoms with E-state index in [2.05, 4.69) is 38.2 Å². The Bertz CT molecular complexity index is 445. The number of benzene rings is 1. The molecular formula is C16H25NO2. The second-order valence-electron chi connectivity index (χ2n) is 5.49. The maximum Gasteiger partial charge on any atom is 0.124 e. The second kappa shape index (κ2) is 5.93. The first-order valence-corrected chi connectivity index (χ1v) is 7.02. The summed E-state index contributed by atoms with van der Waals surface area (Å²) in [4.78, 5) is 0. The zero-order valence-corrected chi connectivity index (χ0v) is 12.6. The average Bonchev–Trinajstić information content (AvgIpc) is 2.78. The van der Waals surface area contributed by atoms with Crippen molar-refractivity contribution in [2.75, 3.05) is 20.8 Å². The van der Waals surface area contributed by atoms with Crippen LogP contribution in [0.2, 0.25) is 0 Å². The molecule has 1 aromatic rings. The fraction of sp³-hybridized carbons (Fsp3) is 0.625. The standard InChI is InChI=1S/C16H25NO2/c1-10-8-11(2)15(14(9-10)18-5)16(17-4)13-6-7-19-12(13)3/h8-9,12-13,16-17H,6-7H2,1-5H3. The molecule has 2 rings (SSSR count). The fourth-order valence-corrected chi connectivity index (χ4v) is 3.27. The number of hydrogen-bond acceptors (Lipinski definition) is 3. The summed E-state index contributed by atoms with van der Waals surface area (Å²) in [6.45, 7) is 7.29. The molecule has 0 aromatic heterocycles. The largest absolute Gasteiger partial charge is 0.496 e. The Kier molecular flexibility index (Phi) is 4.48. The predicted octanol–water partition coefficient (Wildman–Crippen LogP) is 3.00. The van der Waals surface area contributed by atoms with E-state index in [-0.39, 0.29) is 6.04 Å². The van der Waals surface area contributed by atoms with Gasteiger partial charge in [0.2, 0.25) is 0 Å². The topological polar surface area (TPSA) is 30.5 Å². The Morgan fingerprint density at radius 2 is 2.11 bits per heavy atom. The fourth-order valence-electron chi connectivity index (χ4n) is 3.27. The van der Waals surface area contributed by atoms with Crippen LogP contribution in [0.15, 0.2) is 12.1 Å². The zero-order chi connectivity index (χ0) is 14.0. The quantitative estimate of drug-likeness (QED) is 0.906. The van der Waals surface area contributed by atoms with Gasteiger partial charge in [0.1, 0.15) is 5.75 Å². The first-order valence-electron chi connectivity index (χ1n) is 7.02. The smallest absolute Gasteiger partial charge is 0.124 e. The first kappa shape index (κ1) is 14.4. The van der Waals surface area contributed by atoms with Gasteiger partial charge in [-0.05, 0) is 51.4 Å². The van der Waals surface area contributed by atoms with E-state index < -0.39 is 0 Å². The van der Waals surface area contributed by atoms with E-state index in [0.717, 1.165) is 18.8 Å². The van der Waals surface area contributed by atoms with Crippen LogP contribution in [0.4, 0.5) is 0 Å². The minimum atomic E-state index is 0.285. The molecule has 1 aromatic carbocycles. The van der Waals surface area contributed by atoms with Gasteiger partial charge in [-0.3, -0.25) is 0 Å². The van der Waals surface area contributed by atoms with Crippen molar-refractivity contribution in [3.05, 3.63) is 28.8 Å². The van der Waals surface area contributed by atoms with E-state index in [9.17, 15) is 0 Å². The molecule has 1 heterocycles. The third-order valence-corrected chi connectivity index (χ3v) is 4.20. The van der Waals surface area contributed by atoms with Crippen LogP contribution in [0.1, 0.15) is 36.1 Å². The number of rotatable bonds is 4. The molecule has 106 valence electrons. The monoisotopic (exact) mass is 263 g/mol. The summed E-state index contributed by atoms with van der Waals surface area (Å²) in [7, 11) is 3.77. The van der Waals surface area contributed by atoms with Crippen LogP contribution < -0.4 is 10.1 Å². The van der Waals surface area contributed by atoms with Gasteiger partial charge < -0.3 is 14.8 Å². The second-order valence-corrected chi connectivity index (χ2v) is 5.49. The van der Waals surface area contributed by atoms with Crippen LogP contribution in [0.5, 0.6) is 5.75 Å².